The molecule has 2 aromatic rings. The molecule has 0 amide bonds. The van der Waals surface area contributed by atoms with Crippen molar-refractivity contribution < 1.29 is 8.42 Å². The molecule has 0 radical (unpaired) electrons. The van der Waals surface area contributed by atoms with Crippen LogP contribution in [0.1, 0.15) is 11.1 Å². The Morgan fingerprint density at radius 3 is 2.58 bits per heavy atom. The highest BCUT2D eigenvalue weighted by atomic mass is 79.9. The molecule has 19 heavy (non-hydrogen) atoms. The Morgan fingerprint density at radius 2 is 2.00 bits per heavy atom. The molecule has 1 heterocycles. The summed E-state index contributed by atoms with van der Waals surface area (Å²) in [5.41, 5.74) is 1.84. The average Bonchev–Trinajstić information content (AvgIpc) is 2.75. The van der Waals surface area contributed by atoms with Crippen LogP contribution in [0.3, 0.4) is 0 Å². The Hall–Kier alpha value is -1.18. The molecule has 100 valence electrons. The molecule has 0 spiro atoms. The van der Waals surface area contributed by atoms with Gasteiger partial charge >= 0.3 is 0 Å². The molecular weight excluding hydrogens is 348 g/mol. The van der Waals surface area contributed by atoms with Gasteiger partial charge in [-0.1, -0.05) is 17.7 Å². The minimum atomic E-state index is -3.60. The first-order chi connectivity index (χ1) is 8.97. The number of rotatable bonds is 4. The van der Waals surface area contributed by atoms with Crippen LogP contribution < -0.4 is 4.83 Å². The summed E-state index contributed by atoms with van der Waals surface area (Å²) >= 11 is 4.83. The van der Waals surface area contributed by atoms with Gasteiger partial charge in [0.05, 0.1) is 14.9 Å². The highest BCUT2D eigenvalue weighted by molar-refractivity contribution is 9.11. The minimum absolute atomic E-state index is 0.196. The number of sulfonamides is 1. The summed E-state index contributed by atoms with van der Waals surface area (Å²) in [4.78, 5) is 2.38. The van der Waals surface area contributed by atoms with E-state index in [1.54, 1.807) is 24.3 Å². The fraction of sp³-hybridized carbons (Fsp3) is 0.0833. The van der Waals surface area contributed by atoms with E-state index in [1.807, 2.05) is 18.4 Å². The quantitative estimate of drug-likeness (QED) is 0.674. The zero-order valence-electron chi connectivity index (χ0n) is 10.00. The number of hydrogen-bond acceptors (Lipinski definition) is 4. The van der Waals surface area contributed by atoms with E-state index in [-0.39, 0.29) is 4.90 Å². The molecule has 0 saturated heterocycles. The van der Waals surface area contributed by atoms with E-state index in [9.17, 15) is 8.42 Å². The summed E-state index contributed by atoms with van der Waals surface area (Å²) in [6, 6.07) is 8.44. The predicted molar refractivity (Wildman–Crippen MR) is 81.1 cm³/mol. The molecule has 0 atom stereocenters. The van der Waals surface area contributed by atoms with E-state index >= 15 is 0 Å². The first-order valence-corrected chi connectivity index (χ1v) is 8.48. The summed E-state index contributed by atoms with van der Waals surface area (Å²) < 4.78 is 24.8. The molecule has 0 fully saturated rings. The Balaban J connectivity index is 2.09. The van der Waals surface area contributed by atoms with Crippen LogP contribution in [0.2, 0.25) is 0 Å². The topological polar surface area (TPSA) is 58.5 Å². The molecule has 2 rings (SSSR count). The fourth-order valence-corrected chi connectivity index (χ4v) is 3.25. The maximum atomic E-state index is 11.9. The Kier molecular flexibility index (Phi) is 4.38. The average molecular weight is 359 g/mol. The second kappa shape index (κ2) is 5.85. The Labute approximate surface area is 124 Å². The lowest BCUT2D eigenvalue weighted by Crippen LogP contribution is -2.18. The van der Waals surface area contributed by atoms with Crippen LogP contribution >= 0.6 is 27.3 Å². The van der Waals surface area contributed by atoms with E-state index in [0.29, 0.717) is 0 Å². The molecule has 4 nitrogen and oxygen atoms in total. The number of benzene rings is 1. The summed E-state index contributed by atoms with van der Waals surface area (Å²) in [6.07, 6.45) is 1.47. The van der Waals surface area contributed by atoms with Crippen molar-refractivity contribution in [1.29, 1.82) is 0 Å². The van der Waals surface area contributed by atoms with Gasteiger partial charge in [-0.3, -0.25) is 0 Å². The molecule has 0 saturated carbocycles. The van der Waals surface area contributed by atoms with Gasteiger partial charge in [0, 0.05) is 10.9 Å². The first kappa shape index (κ1) is 14.2. The molecule has 1 aromatic carbocycles. The van der Waals surface area contributed by atoms with Gasteiger partial charge < -0.3 is 0 Å². The second-order valence-electron chi connectivity index (χ2n) is 3.85. The maximum absolute atomic E-state index is 11.9. The first-order valence-electron chi connectivity index (χ1n) is 5.33. The van der Waals surface area contributed by atoms with Gasteiger partial charge in [-0.05, 0) is 41.1 Å². The van der Waals surface area contributed by atoms with Crippen molar-refractivity contribution in [2.75, 3.05) is 0 Å². The number of hydrazone groups is 1. The third-order valence-electron chi connectivity index (χ3n) is 2.31. The molecular formula is C12H11BrN2O2S2. The number of hydrogen-bond donors (Lipinski definition) is 1. The normalized spacial score (nSPS) is 11.9. The van der Waals surface area contributed by atoms with Crippen molar-refractivity contribution in [3.8, 4) is 0 Å². The fourth-order valence-electron chi connectivity index (χ4n) is 1.33. The van der Waals surface area contributed by atoms with Gasteiger partial charge in [-0.25, -0.2) is 4.83 Å². The van der Waals surface area contributed by atoms with Gasteiger partial charge in [0.25, 0.3) is 10.0 Å². The lowest BCUT2D eigenvalue weighted by atomic mass is 10.2. The standard InChI is InChI=1S/C12H11BrN2O2S2/c1-9-2-4-11(5-3-9)19(16,17)15-14-7-10-6-12(13)18-8-10/h2-8,15H,1H3/b14-7+. The SMILES string of the molecule is Cc1ccc(S(=O)(=O)N/N=C/c2csc(Br)c2)cc1. The number of nitrogens with zero attached hydrogens (tertiary/aromatic N) is 1. The van der Waals surface area contributed by atoms with Crippen LogP contribution in [0.5, 0.6) is 0 Å². The molecule has 1 N–H and O–H groups in total. The molecule has 0 aliphatic carbocycles. The molecule has 0 bridgehead atoms. The smallest absolute Gasteiger partial charge is 0.200 e. The van der Waals surface area contributed by atoms with Gasteiger partial charge in [-0.2, -0.15) is 13.5 Å². The lowest BCUT2D eigenvalue weighted by molar-refractivity contribution is 0.584. The van der Waals surface area contributed by atoms with Crippen LogP contribution in [-0.2, 0) is 10.0 Å². The largest absolute Gasteiger partial charge is 0.276 e. The van der Waals surface area contributed by atoms with Crippen molar-refractivity contribution >= 4 is 43.5 Å². The zero-order valence-corrected chi connectivity index (χ0v) is 13.2. The lowest BCUT2D eigenvalue weighted by Gasteiger charge is -2.03. The minimum Gasteiger partial charge on any atom is -0.200 e. The summed E-state index contributed by atoms with van der Waals surface area (Å²) in [7, 11) is -3.60. The third kappa shape index (κ3) is 3.89. The van der Waals surface area contributed by atoms with Gasteiger partial charge in [-0.15, -0.1) is 11.3 Å². The molecule has 0 aliphatic rings. The summed E-state index contributed by atoms with van der Waals surface area (Å²) in [5.74, 6) is 0. The Morgan fingerprint density at radius 1 is 1.32 bits per heavy atom. The molecule has 0 unspecified atom stereocenters. The predicted octanol–water partition coefficient (Wildman–Crippen LogP) is 3.13. The molecule has 7 heteroatoms. The number of nitrogens with one attached hydrogen (secondary N) is 1. The highest BCUT2D eigenvalue weighted by Crippen LogP contribution is 2.19. The van der Waals surface area contributed by atoms with Crippen molar-refractivity contribution in [3.63, 3.8) is 0 Å². The van der Waals surface area contributed by atoms with Crippen LogP contribution in [0, 0.1) is 6.92 Å². The van der Waals surface area contributed by atoms with Gasteiger partial charge in [0.15, 0.2) is 0 Å². The van der Waals surface area contributed by atoms with Crippen LogP contribution in [0.15, 0.2) is 49.5 Å². The maximum Gasteiger partial charge on any atom is 0.276 e. The van der Waals surface area contributed by atoms with E-state index in [4.69, 9.17) is 0 Å². The highest BCUT2D eigenvalue weighted by Gasteiger charge is 2.11. The number of thiophene rings is 1. The van der Waals surface area contributed by atoms with Crippen LogP contribution in [-0.4, -0.2) is 14.6 Å². The molecule has 0 aliphatic heterocycles. The van der Waals surface area contributed by atoms with Gasteiger partial charge in [0.2, 0.25) is 0 Å². The van der Waals surface area contributed by atoms with Gasteiger partial charge in [0.1, 0.15) is 0 Å². The van der Waals surface area contributed by atoms with Crippen molar-refractivity contribution in [2.24, 2.45) is 5.10 Å². The number of aryl methyl sites for hydroxylation is 1. The van der Waals surface area contributed by atoms with Crippen molar-refractivity contribution in [2.45, 2.75) is 11.8 Å². The summed E-state index contributed by atoms with van der Waals surface area (Å²) in [5, 5.41) is 5.62. The monoisotopic (exact) mass is 358 g/mol. The van der Waals surface area contributed by atoms with E-state index < -0.39 is 10.0 Å². The second-order valence-corrected chi connectivity index (χ2v) is 7.80. The van der Waals surface area contributed by atoms with Crippen LogP contribution in [0.4, 0.5) is 0 Å². The van der Waals surface area contributed by atoms with Crippen LogP contribution in [0.25, 0.3) is 0 Å². The molecule has 1 aromatic heterocycles. The van der Waals surface area contributed by atoms with Crippen molar-refractivity contribution in [3.05, 3.63) is 50.6 Å². The van der Waals surface area contributed by atoms with E-state index in [1.165, 1.54) is 17.6 Å². The third-order valence-corrected chi connectivity index (χ3v) is 5.07. The van der Waals surface area contributed by atoms with E-state index in [2.05, 4.69) is 25.9 Å². The van der Waals surface area contributed by atoms with Crippen molar-refractivity contribution in [1.82, 2.24) is 4.83 Å². The zero-order chi connectivity index (χ0) is 13.9. The Bertz CT molecular complexity index is 691. The number of halogens is 1. The summed E-state index contributed by atoms with van der Waals surface area (Å²) in [6.45, 7) is 1.90. The van der Waals surface area contributed by atoms with E-state index in [0.717, 1.165) is 14.9 Å².